The van der Waals surface area contributed by atoms with Crippen LogP contribution in [0.4, 0.5) is 23.7 Å². The van der Waals surface area contributed by atoms with Gasteiger partial charge in [-0.05, 0) is 61.7 Å². The molecule has 0 aliphatic heterocycles. The van der Waals surface area contributed by atoms with Crippen molar-refractivity contribution in [1.29, 1.82) is 0 Å². The van der Waals surface area contributed by atoms with Gasteiger partial charge in [0.25, 0.3) is 5.91 Å². The van der Waals surface area contributed by atoms with E-state index in [4.69, 9.17) is 0 Å². The molecule has 0 unspecified atom stereocenters. The SMILES string of the molecule is Cc1ccc(CNC(=O)n2nc(-c3ccc(NC(=O)c4cccc(C(F)(F)F)c4)cc3O)cc2C2CCCC2)cc1. The van der Waals surface area contributed by atoms with Crippen molar-refractivity contribution in [3.63, 3.8) is 0 Å². The zero-order valence-electron chi connectivity index (χ0n) is 22.3. The smallest absolute Gasteiger partial charge is 0.416 e. The predicted octanol–water partition coefficient (Wildman–Crippen LogP) is 7.25. The number of hydrogen-bond donors (Lipinski definition) is 3. The van der Waals surface area contributed by atoms with Gasteiger partial charge in [0.2, 0.25) is 0 Å². The quantitative estimate of drug-likeness (QED) is 0.231. The molecule has 7 nitrogen and oxygen atoms in total. The van der Waals surface area contributed by atoms with Gasteiger partial charge in [-0.1, -0.05) is 48.7 Å². The van der Waals surface area contributed by atoms with Crippen molar-refractivity contribution in [2.45, 2.75) is 51.2 Å². The molecule has 1 saturated carbocycles. The highest BCUT2D eigenvalue weighted by atomic mass is 19.4. The van der Waals surface area contributed by atoms with Crippen LogP contribution in [0.5, 0.6) is 5.75 Å². The van der Waals surface area contributed by atoms with Gasteiger partial charge in [0.15, 0.2) is 0 Å². The Kier molecular flexibility index (Phi) is 7.83. The first-order valence-corrected chi connectivity index (χ1v) is 13.3. The number of amides is 2. The first-order valence-electron chi connectivity index (χ1n) is 13.3. The maximum atomic E-state index is 13.2. The summed E-state index contributed by atoms with van der Waals surface area (Å²) in [4.78, 5) is 25.8. The van der Waals surface area contributed by atoms with Crippen LogP contribution in [0.25, 0.3) is 11.3 Å². The number of aryl methyl sites for hydroxylation is 1. The molecule has 3 aromatic carbocycles. The second-order valence-electron chi connectivity index (χ2n) is 10.3. The number of aromatic hydroxyl groups is 1. The number of halogens is 3. The molecule has 1 aromatic heterocycles. The Morgan fingerprint density at radius 2 is 1.73 bits per heavy atom. The molecule has 3 N–H and O–H groups in total. The molecule has 212 valence electrons. The normalized spacial score (nSPS) is 13.8. The van der Waals surface area contributed by atoms with Crippen molar-refractivity contribution < 1.29 is 27.9 Å². The summed E-state index contributed by atoms with van der Waals surface area (Å²) in [5, 5.41) is 20.8. The molecular weight excluding hydrogens is 533 g/mol. The lowest BCUT2D eigenvalue weighted by atomic mass is 10.0. The summed E-state index contributed by atoms with van der Waals surface area (Å²) >= 11 is 0. The van der Waals surface area contributed by atoms with E-state index in [2.05, 4.69) is 15.7 Å². The Morgan fingerprint density at radius 1 is 1.00 bits per heavy atom. The van der Waals surface area contributed by atoms with Crippen LogP contribution in [0, 0.1) is 6.92 Å². The van der Waals surface area contributed by atoms with Gasteiger partial charge < -0.3 is 15.7 Å². The Morgan fingerprint density at radius 3 is 2.41 bits per heavy atom. The van der Waals surface area contributed by atoms with E-state index >= 15 is 0 Å². The second kappa shape index (κ2) is 11.5. The maximum absolute atomic E-state index is 13.2. The minimum absolute atomic E-state index is 0.162. The largest absolute Gasteiger partial charge is 0.507 e. The minimum atomic E-state index is -4.57. The van der Waals surface area contributed by atoms with E-state index in [0.29, 0.717) is 17.8 Å². The Bertz CT molecular complexity index is 1570. The molecule has 1 aliphatic rings. The number of anilines is 1. The Hall–Kier alpha value is -4.60. The molecule has 1 aliphatic carbocycles. The van der Waals surface area contributed by atoms with Crippen molar-refractivity contribution in [3.05, 3.63) is 101 Å². The van der Waals surface area contributed by atoms with Crippen LogP contribution in [-0.2, 0) is 12.7 Å². The molecule has 0 bridgehead atoms. The number of phenolic OH excluding ortho intramolecular Hbond substituents is 1. The van der Waals surface area contributed by atoms with Crippen molar-refractivity contribution in [1.82, 2.24) is 15.1 Å². The lowest BCUT2D eigenvalue weighted by molar-refractivity contribution is -0.137. The number of rotatable bonds is 6. The number of alkyl halides is 3. The average molecular weight is 563 g/mol. The minimum Gasteiger partial charge on any atom is -0.507 e. The summed E-state index contributed by atoms with van der Waals surface area (Å²) in [6.45, 7) is 2.33. The van der Waals surface area contributed by atoms with Gasteiger partial charge in [-0.15, -0.1) is 0 Å². The molecule has 10 heteroatoms. The molecule has 0 saturated heterocycles. The molecule has 0 atom stereocenters. The molecule has 4 aromatic rings. The van der Waals surface area contributed by atoms with E-state index in [1.54, 1.807) is 12.1 Å². The summed E-state index contributed by atoms with van der Waals surface area (Å²) in [6, 6.07) is 17.8. The Labute approximate surface area is 235 Å². The zero-order chi connectivity index (χ0) is 29.1. The van der Waals surface area contributed by atoms with Gasteiger partial charge in [-0.3, -0.25) is 4.79 Å². The standard InChI is InChI=1S/C31H29F3N4O3/c1-19-9-11-20(12-10-19)18-35-30(41)38-27(21-5-2-3-6-21)17-26(37-38)25-14-13-24(16-28(25)39)36-29(40)22-7-4-8-23(15-22)31(32,33)34/h4,7-17,21,39H,2-3,5-6,18H2,1H3,(H,35,41)(H,36,40). The zero-order valence-corrected chi connectivity index (χ0v) is 22.3. The van der Waals surface area contributed by atoms with Crippen molar-refractivity contribution in [2.24, 2.45) is 0 Å². The van der Waals surface area contributed by atoms with Crippen LogP contribution in [0.2, 0.25) is 0 Å². The van der Waals surface area contributed by atoms with Crippen LogP contribution in [0.15, 0.2) is 72.8 Å². The summed E-state index contributed by atoms with van der Waals surface area (Å²) in [5.74, 6) is -0.787. The highest BCUT2D eigenvalue weighted by Gasteiger charge is 2.31. The summed E-state index contributed by atoms with van der Waals surface area (Å²) < 4.78 is 40.5. The number of benzene rings is 3. The van der Waals surface area contributed by atoms with Crippen LogP contribution in [0.1, 0.15) is 64.3 Å². The van der Waals surface area contributed by atoms with Gasteiger partial charge >= 0.3 is 12.2 Å². The molecule has 2 amide bonds. The van der Waals surface area contributed by atoms with Gasteiger partial charge in [-0.25, -0.2) is 4.79 Å². The molecule has 5 rings (SSSR count). The number of phenols is 1. The third-order valence-corrected chi connectivity index (χ3v) is 7.25. The van der Waals surface area contributed by atoms with E-state index in [-0.39, 0.29) is 28.9 Å². The van der Waals surface area contributed by atoms with Crippen molar-refractivity contribution in [2.75, 3.05) is 5.32 Å². The first kappa shape index (κ1) is 27.9. The third kappa shape index (κ3) is 6.42. The summed E-state index contributed by atoms with van der Waals surface area (Å²) in [6.07, 6.45) is -0.594. The fraction of sp³-hybridized carbons (Fsp3) is 0.258. The Balaban J connectivity index is 1.36. The van der Waals surface area contributed by atoms with Crippen molar-refractivity contribution >= 4 is 17.6 Å². The monoisotopic (exact) mass is 562 g/mol. The molecule has 1 fully saturated rings. The van der Waals surface area contributed by atoms with Gasteiger partial charge in [0, 0.05) is 35.3 Å². The molecule has 0 spiro atoms. The maximum Gasteiger partial charge on any atom is 0.416 e. The molecule has 41 heavy (non-hydrogen) atoms. The fourth-order valence-electron chi connectivity index (χ4n) is 5.03. The van der Waals surface area contributed by atoms with Gasteiger partial charge in [-0.2, -0.15) is 23.0 Å². The number of hydrogen-bond acceptors (Lipinski definition) is 4. The molecular formula is C31H29F3N4O3. The topological polar surface area (TPSA) is 96.3 Å². The van der Waals surface area contributed by atoms with E-state index < -0.39 is 17.6 Å². The number of nitrogens with zero attached hydrogens (tertiary/aromatic N) is 2. The van der Waals surface area contributed by atoms with E-state index in [0.717, 1.165) is 60.7 Å². The lowest BCUT2D eigenvalue weighted by Gasteiger charge is -2.12. The number of nitrogens with one attached hydrogen (secondary N) is 2. The predicted molar refractivity (Wildman–Crippen MR) is 149 cm³/mol. The highest BCUT2D eigenvalue weighted by Crippen LogP contribution is 2.38. The van der Waals surface area contributed by atoms with Gasteiger partial charge in [0.1, 0.15) is 5.75 Å². The van der Waals surface area contributed by atoms with E-state index in [9.17, 15) is 27.9 Å². The number of carbonyl (C=O) groups excluding carboxylic acids is 2. The third-order valence-electron chi connectivity index (χ3n) is 7.25. The van der Waals surface area contributed by atoms with Gasteiger partial charge in [0.05, 0.1) is 17.0 Å². The van der Waals surface area contributed by atoms with Crippen molar-refractivity contribution in [3.8, 4) is 17.0 Å². The first-order chi connectivity index (χ1) is 19.6. The van der Waals surface area contributed by atoms with Crippen LogP contribution in [0.3, 0.4) is 0 Å². The second-order valence-corrected chi connectivity index (χ2v) is 10.3. The van der Waals surface area contributed by atoms with Crippen LogP contribution >= 0.6 is 0 Å². The summed E-state index contributed by atoms with van der Waals surface area (Å²) in [7, 11) is 0. The fourth-order valence-corrected chi connectivity index (χ4v) is 5.03. The number of carbonyl (C=O) groups is 2. The number of aromatic nitrogens is 2. The van der Waals surface area contributed by atoms with E-state index in [1.165, 1.54) is 22.9 Å². The van der Waals surface area contributed by atoms with Crippen LogP contribution in [-0.4, -0.2) is 26.8 Å². The summed E-state index contributed by atoms with van der Waals surface area (Å²) in [5.41, 5.74) is 2.69. The molecule has 0 radical (unpaired) electrons. The average Bonchev–Trinajstić information content (AvgIpc) is 3.63. The van der Waals surface area contributed by atoms with Crippen LogP contribution < -0.4 is 10.6 Å². The van der Waals surface area contributed by atoms with E-state index in [1.807, 2.05) is 31.2 Å². The lowest BCUT2D eigenvalue weighted by Crippen LogP contribution is -2.30. The highest BCUT2D eigenvalue weighted by molar-refractivity contribution is 6.04. The molecule has 1 heterocycles.